The number of piperazine rings is 1. The molecule has 0 bridgehead atoms. The molecule has 0 spiro atoms. The zero-order chi connectivity index (χ0) is 13.0. The molecule has 0 amide bonds. The van der Waals surface area contributed by atoms with Gasteiger partial charge in [-0.25, -0.2) is 0 Å². The van der Waals surface area contributed by atoms with E-state index in [4.69, 9.17) is 0 Å². The highest BCUT2D eigenvalue weighted by Gasteiger charge is 2.36. The zero-order valence-electron chi connectivity index (χ0n) is 12.5. The van der Waals surface area contributed by atoms with Gasteiger partial charge in [-0.3, -0.25) is 9.80 Å². The first-order valence-electron chi connectivity index (χ1n) is 7.95. The molecule has 1 saturated heterocycles. The summed E-state index contributed by atoms with van der Waals surface area (Å²) in [6, 6.07) is 1.65. The Hall–Kier alpha value is -0.120. The molecule has 3 atom stereocenters. The van der Waals surface area contributed by atoms with E-state index < -0.39 is 0 Å². The lowest BCUT2D eigenvalue weighted by atomic mass is 9.78. The fourth-order valence-corrected chi connectivity index (χ4v) is 3.37. The van der Waals surface area contributed by atoms with Gasteiger partial charge < -0.3 is 5.32 Å². The van der Waals surface area contributed by atoms with Crippen LogP contribution in [0.5, 0.6) is 0 Å². The van der Waals surface area contributed by atoms with Crippen molar-refractivity contribution in [2.75, 3.05) is 39.3 Å². The van der Waals surface area contributed by atoms with Crippen LogP contribution in [0.4, 0.5) is 0 Å². The van der Waals surface area contributed by atoms with Crippen molar-refractivity contribution in [3.05, 3.63) is 0 Å². The molecule has 0 radical (unpaired) electrons. The molecule has 1 N–H and O–H groups in total. The molecule has 3 unspecified atom stereocenters. The lowest BCUT2D eigenvalue weighted by Gasteiger charge is -2.48. The fraction of sp³-hybridized carbons (Fsp3) is 1.00. The summed E-state index contributed by atoms with van der Waals surface area (Å²) in [5.41, 5.74) is 0. The fourth-order valence-electron chi connectivity index (χ4n) is 3.37. The predicted molar refractivity (Wildman–Crippen MR) is 78.0 cm³/mol. The molecule has 1 heterocycles. The topological polar surface area (TPSA) is 18.5 Å². The van der Waals surface area contributed by atoms with Gasteiger partial charge in [-0.05, 0) is 45.2 Å². The molecular formula is C15H31N3. The maximum absolute atomic E-state index is 3.52. The van der Waals surface area contributed by atoms with Crippen LogP contribution >= 0.6 is 0 Å². The molecule has 2 fully saturated rings. The van der Waals surface area contributed by atoms with Crippen molar-refractivity contribution in [3.8, 4) is 0 Å². The highest BCUT2D eigenvalue weighted by Crippen LogP contribution is 2.32. The smallest absolute Gasteiger partial charge is 0.0137 e. The van der Waals surface area contributed by atoms with Crippen molar-refractivity contribution in [1.29, 1.82) is 0 Å². The molecule has 1 aliphatic heterocycles. The minimum Gasteiger partial charge on any atom is -0.317 e. The Kier molecular flexibility index (Phi) is 5.46. The van der Waals surface area contributed by atoms with Crippen molar-refractivity contribution in [3.63, 3.8) is 0 Å². The summed E-state index contributed by atoms with van der Waals surface area (Å²) in [4.78, 5) is 5.42. The van der Waals surface area contributed by atoms with Gasteiger partial charge in [0.15, 0.2) is 0 Å². The van der Waals surface area contributed by atoms with E-state index in [2.05, 4.69) is 35.9 Å². The maximum Gasteiger partial charge on any atom is 0.0137 e. The van der Waals surface area contributed by atoms with Crippen LogP contribution in [-0.2, 0) is 0 Å². The second-order valence-electron chi connectivity index (χ2n) is 6.04. The van der Waals surface area contributed by atoms with Gasteiger partial charge in [0.25, 0.3) is 0 Å². The normalized spacial score (nSPS) is 32.2. The first-order valence-corrected chi connectivity index (χ1v) is 7.95. The number of hydrogen-bond donors (Lipinski definition) is 1. The van der Waals surface area contributed by atoms with Crippen molar-refractivity contribution in [2.24, 2.45) is 5.92 Å². The first kappa shape index (κ1) is 14.3. The number of hydrogen-bond acceptors (Lipinski definition) is 3. The maximum atomic E-state index is 3.52. The van der Waals surface area contributed by atoms with Gasteiger partial charge in [-0.2, -0.15) is 0 Å². The number of nitrogens with one attached hydrogen (secondary N) is 1. The summed E-state index contributed by atoms with van der Waals surface area (Å²) < 4.78 is 0. The highest BCUT2D eigenvalue weighted by molar-refractivity contribution is 4.92. The third-order valence-electron chi connectivity index (χ3n) is 5.07. The molecule has 1 aliphatic carbocycles. The molecule has 1 saturated carbocycles. The molecule has 2 aliphatic rings. The Morgan fingerprint density at radius 1 is 1.11 bits per heavy atom. The summed E-state index contributed by atoms with van der Waals surface area (Å²) >= 11 is 0. The lowest BCUT2D eigenvalue weighted by molar-refractivity contribution is 0.0111. The van der Waals surface area contributed by atoms with E-state index in [0.29, 0.717) is 0 Å². The van der Waals surface area contributed by atoms with Gasteiger partial charge >= 0.3 is 0 Å². The Labute approximate surface area is 113 Å². The van der Waals surface area contributed by atoms with Crippen LogP contribution in [0, 0.1) is 5.92 Å². The van der Waals surface area contributed by atoms with E-state index in [-0.39, 0.29) is 0 Å². The molecule has 2 rings (SSSR count). The zero-order valence-corrected chi connectivity index (χ0v) is 12.5. The van der Waals surface area contributed by atoms with Gasteiger partial charge in [0, 0.05) is 38.3 Å². The van der Waals surface area contributed by atoms with Crippen LogP contribution in [0.25, 0.3) is 0 Å². The molecule has 18 heavy (non-hydrogen) atoms. The first-order chi connectivity index (χ1) is 8.76. The van der Waals surface area contributed by atoms with Gasteiger partial charge in [-0.1, -0.05) is 13.8 Å². The van der Waals surface area contributed by atoms with Crippen LogP contribution in [0.15, 0.2) is 0 Å². The minimum atomic E-state index is 0.770. The highest BCUT2D eigenvalue weighted by atomic mass is 15.3. The molecule has 0 aromatic carbocycles. The van der Waals surface area contributed by atoms with Gasteiger partial charge in [-0.15, -0.1) is 0 Å². The quantitative estimate of drug-likeness (QED) is 0.778. The largest absolute Gasteiger partial charge is 0.317 e. The summed E-state index contributed by atoms with van der Waals surface area (Å²) in [6.45, 7) is 14.4. The Morgan fingerprint density at radius 3 is 2.33 bits per heavy atom. The standard InChI is InChI=1S/C15H31N3/c1-4-13(3)17-8-10-18(11-9-17)15-7-6-14(15)12-16-5-2/h13-16H,4-12H2,1-3H3. The Balaban J connectivity index is 1.73. The predicted octanol–water partition coefficient (Wildman–Crippen LogP) is 1.79. The average molecular weight is 253 g/mol. The van der Waals surface area contributed by atoms with E-state index in [0.717, 1.165) is 24.5 Å². The van der Waals surface area contributed by atoms with E-state index >= 15 is 0 Å². The summed E-state index contributed by atoms with van der Waals surface area (Å²) in [6.07, 6.45) is 4.15. The van der Waals surface area contributed by atoms with Crippen LogP contribution in [-0.4, -0.2) is 61.2 Å². The molecule has 0 aromatic heterocycles. The van der Waals surface area contributed by atoms with Gasteiger partial charge in [0.2, 0.25) is 0 Å². The van der Waals surface area contributed by atoms with Crippen LogP contribution in [0.1, 0.15) is 40.0 Å². The second kappa shape index (κ2) is 6.88. The van der Waals surface area contributed by atoms with E-state index in [1.807, 2.05) is 0 Å². The monoisotopic (exact) mass is 253 g/mol. The number of nitrogens with zero attached hydrogens (tertiary/aromatic N) is 2. The number of rotatable bonds is 6. The van der Waals surface area contributed by atoms with Gasteiger partial charge in [0.05, 0.1) is 0 Å². The Morgan fingerprint density at radius 2 is 1.83 bits per heavy atom. The Bertz CT molecular complexity index is 236. The molecule has 0 aromatic rings. The van der Waals surface area contributed by atoms with Crippen LogP contribution < -0.4 is 5.32 Å². The summed E-state index contributed by atoms with van der Waals surface area (Å²) in [5, 5.41) is 3.52. The third-order valence-corrected chi connectivity index (χ3v) is 5.07. The van der Waals surface area contributed by atoms with Crippen LogP contribution in [0.2, 0.25) is 0 Å². The average Bonchev–Trinajstić information content (AvgIpc) is 2.38. The molecule has 3 heteroatoms. The van der Waals surface area contributed by atoms with Crippen molar-refractivity contribution in [2.45, 2.75) is 52.1 Å². The molecular weight excluding hydrogens is 222 g/mol. The summed E-state index contributed by atoms with van der Waals surface area (Å²) in [5.74, 6) is 0.917. The SMILES string of the molecule is CCNCC1CCC1N1CCN(C(C)CC)CC1. The van der Waals surface area contributed by atoms with Crippen molar-refractivity contribution < 1.29 is 0 Å². The molecule has 106 valence electrons. The van der Waals surface area contributed by atoms with E-state index in [1.54, 1.807) is 0 Å². The van der Waals surface area contributed by atoms with E-state index in [1.165, 1.54) is 52.0 Å². The second-order valence-corrected chi connectivity index (χ2v) is 6.04. The molecule has 3 nitrogen and oxygen atoms in total. The summed E-state index contributed by atoms with van der Waals surface area (Å²) in [7, 11) is 0. The van der Waals surface area contributed by atoms with Crippen molar-refractivity contribution in [1.82, 2.24) is 15.1 Å². The van der Waals surface area contributed by atoms with Crippen LogP contribution in [0.3, 0.4) is 0 Å². The third kappa shape index (κ3) is 3.25. The van der Waals surface area contributed by atoms with Crippen molar-refractivity contribution >= 4 is 0 Å². The lowest BCUT2D eigenvalue weighted by Crippen LogP contribution is -2.58. The van der Waals surface area contributed by atoms with E-state index in [9.17, 15) is 0 Å². The van der Waals surface area contributed by atoms with Gasteiger partial charge in [0.1, 0.15) is 0 Å². The minimum absolute atomic E-state index is 0.770.